The Bertz CT molecular complexity index is 1050. The molecule has 1 amide bonds. The summed E-state index contributed by atoms with van der Waals surface area (Å²) in [7, 11) is 0. The highest BCUT2D eigenvalue weighted by Gasteiger charge is 2.27. The van der Waals surface area contributed by atoms with Gasteiger partial charge in [0.25, 0.3) is 0 Å². The zero-order chi connectivity index (χ0) is 17.8. The number of amides is 1. The number of carbonyl (C=O) groups is 1. The topological polar surface area (TPSA) is 78.1 Å². The van der Waals surface area contributed by atoms with Crippen LogP contribution in [-0.4, -0.2) is 48.5 Å². The number of fused-ring (bicyclic) bond motifs is 5. The summed E-state index contributed by atoms with van der Waals surface area (Å²) < 4.78 is 9.66. The molecule has 0 bridgehead atoms. The maximum atomic E-state index is 11.7. The van der Waals surface area contributed by atoms with E-state index in [4.69, 9.17) is 16.3 Å². The molecule has 0 saturated carbocycles. The third-order valence-corrected chi connectivity index (χ3v) is 5.28. The van der Waals surface area contributed by atoms with E-state index >= 15 is 0 Å². The van der Waals surface area contributed by atoms with Crippen LogP contribution in [0.2, 0.25) is 5.15 Å². The Morgan fingerprint density at radius 1 is 1.35 bits per heavy atom. The van der Waals surface area contributed by atoms with Gasteiger partial charge in [-0.1, -0.05) is 27.5 Å². The molecule has 1 aromatic carbocycles. The standard InChI is InChI=1S/C16H12BrClN6O2/c17-9-1-2-11-10(5-9)15-20-13(7-22-3-4-26-16(22)25)21-24(15)6-12-14(18)19-8-23(11)12/h1-2,5,8H,3-4,6-7H2. The van der Waals surface area contributed by atoms with E-state index in [1.54, 1.807) is 15.9 Å². The second-order valence-electron chi connectivity index (χ2n) is 6.06. The summed E-state index contributed by atoms with van der Waals surface area (Å²) in [4.78, 5) is 22.2. The van der Waals surface area contributed by atoms with Gasteiger partial charge in [0.15, 0.2) is 16.8 Å². The minimum absolute atomic E-state index is 0.315. The lowest BCUT2D eigenvalue weighted by atomic mass is 10.1. The molecule has 2 aromatic heterocycles. The highest BCUT2D eigenvalue weighted by molar-refractivity contribution is 9.10. The average molecular weight is 436 g/mol. The first-order chi connectivity index (χ1) is 12.6. The first kappa shape index (κ1) is 15.8. The number of halogens is 2. The molecule has 1 saturated heterocycles. The number of cyclic esters (lactones) is 1. The first-order valence-electron chi connectivity index (χ1n) is 7.97. The molecular weight excluding hydrogens is 424 g/mol. The van der Waals surface area contributed by atoms with Gasteiger partial charge in [-0.15, -0.1) is 0 Å². The lowest BCUT2D eigenvalue weighted by Gasteiger charge is -2.10. The number of hydrogen-bond donors (Lipinski definition) is 0. The molecule has 8 nitrogen and oxygen atoms in total. The van der Waals surface area contributed by atoms with E-state index in [0.29, 0.717) is 37.2 Å². The fourth-order valence-corrected chi connectivity index (χ4v) is 3.80. The SMILES string of the molecule is O=C1OCCN1Cc1nc2n(n1)Cc1c(Cl)ncn1-c1ccc(Br)cc1-2. The lowest BCUT2D eigenvalue weighted by molar-refractivity contribution is 0.156. The molecule has 0 atom stereocenters. The molecule has 1 fully saturated rings. The second kappa shape index (κ2) is 5.82. The Kier molecular flexibility index (Phi) is 3.54. The smallest absolute Gasteiger partial charge is 0.410 e. The van der Waals surface area contributed by atoms with Crippen LogP contribution in [0.5, 0.6) is 0 Å². The van der Waals surface area contributed by atoms with Crippen molar-refractivity contribution in [1.82, 2.24) is 29.2 Å². The molecule has 0 N–H and O–H groups in total. The van der Waals surface area contributed by atoms with Gasteiger partial charge in [0.05, 0.1) is 31.0 Å². The zero-order valence-corrected chi connectivity index (χ0v) is 15.7. The molecule has 26 heavy (non-hydrogen) atoms. The van der Waals surface area contributed by atoms with Crippen molar-refractivity contribution in [1.29, 1.82) is 0 Å². The zero-order valence-electron chi connectivity index (χ0n) is 13.4. The average Bonchev–Trinajstić information content (AvgIpc) is 3.28. The van der Waals surface area contributed by atoms with Crippen LogP contribution in [0.1, 0.15) is 11.5 Å². The van der Waals surface area contributed by atoms with E-state index < -0.39 is 0 Å². The number of ether oxygens (including phenoxy) is 1. The van der Waals surface area contributed by atoms with Crippen molar-refractivity contribution < 1.29 is 9.53 Å². The van der Waals surface area contributed by atoms with Crippen molar-refractivity contribution in [2.24, 2.45) is 0 Å². The number of nitrogens with zero attached hydrogens (tertiary/aromatic N) is 6. The highest BCUT2D eigenvalue weighted by atomic mass is 79.9. The van der Waals surface area contributed by atoms with Gasteiger partial charge >= 0.3 is 6.09 Å². The summed E-state index contributed by atoms with van der Waals surface area (Å²) in [6.07, 6.45) is 1.37. The van der Waals surface area contributed by atoms with Crippen LogP contribution in [0.15, 0.2) is 29.0 Å². The number of imidazole rings is 1. The molecule has 5 rings (SSSR count). The van der Waals surface area contributed by atoms with Crippen molar-refractivity contribution in [2.75, 3.05) is 13.2 Å². The summed E-state index contributed by atoms with van der Waals surface area (Å²) >= 11 is 9.81. The largest absolute Gasteiger partial charge is 0.448 e. The normalized spacial score (nSPS) is 15.3. The van der Waals surface area contributed by atoms with E-state index in [0.717, 1.165) is 27.2 Å². The van der Waals surface area contributed by atoms with Crippen molar-refractivity contribution >= 4 is 33.6 Å². The van der Waals surface area contributed by atoms with Gasteiger partial charge < -0.3 is 4.74 Å². The molecule has 0 spiro atoms. The van der Waals surface area contributed by atoms with Crippen LogP contribution in [0.4, 0.5) is 4.79 Å². The minimum Gasteiger partial charge on any atom is -0.448 e. The van der Waals surface area contributed by atoms with Gasteiger partial charge in [-0.2, -0.15) is 5.10 Å². The first-order valence-corrected chi connectivity index (χ1v) is 9.14. The molecule has 132 valence electrons. The molecular formula is C16H12BrClN6O2. The molecule has 10 heteroatoms. The maximum Gasteiger partial charge on any atom is 0.410 e. The van der Waals surface area contributed by atoms with E-state index in [1.165, 1.54) is 0 Å². The van der Waals surface area contributed by atoms with Crippen molar-refractivity contribution in [2.45, 2.75) is 13.1 Å². The van der Waals surface area contributed by atoms with Crippen LogP contribution in [0.25, 0.3) is 17.1 Å². The van der Waals surface area contributed by atoms with Crippen molar-refractivity contribution in [3.8, 4) is 17.1 Å². The third-order valence-electron chi connectivity index (χ3n) is 4.47. The van der Waals surface area contributed by atoms with Crippen LogP contribution < -0.4 is 0 Å². The summed E-state index contributed by atoms with van der Waals surface area (Å²) in [5, 5.41) is 5.03. The second-order valence-corrected chi connectivity index (χ2v) is 7.33. The molecule has 0 radical (unpaired) electrons. The van der Waals surface area contributed by atoms with E-state index in [2.05, 4.69) is 31.0 Å². The fraction of sp³-hybridized carbons (Fsp3) is 0.250. The Hall–Kier alpha value is -2.39. The summed E-state index contributed by atoms with van der Waals surface area (Å²) in [6, 6.07) is 5.94. The van der Waals surface area contributed by atoms with Gasteiger partial charge in [-0.25, -0.2) is 19.4 Å². The molecule has 0 unspecified atom stereocenters. The number of rotatable bonds is 2. The lowest BCUT2D eigenvalue weighted by Crippen LogP contribution is -2.24. The Morgan fingerprint density at radius 3 is 3.04 bits per heavy atom. The maximum absolute atomic E-state index is 11.7. The van der Waals surface area contributed by atoms with Gasteiger partial charge in [0, 0.05) is 10.0 Å². The predicted octanol–water partition coefficient (Wildman–Crippen LogP) is 2.86. The Labute approximate surface area is 161 Å². The highest BCUT2D eigenvalue weighted by Crippen LogP contribution is 2.34. The van der Waals surface area contributed by atoms with Crippen molar-refractivity contribution in [3.63, 3.8) is 0 Å². The van der Waals surface area contributed by atoms with Gasteiger partial charge in [0.2, 0.25) is 0 Å². The van der Waals surface area contributed by atoms with Gasteiger partial charge in [-0.05, 0) is 18.2 Å². The van der Waals surface area contributed by atoms with Crippen LogP contribution >= 0.6 is 27.5 Å². The van der Waals surface area contributed by atoms with Crippen LogP contribution in [0.3, 0.4) is 0 Å². The molecule has 2 aliphatic rings. The number of aromatic nitrogens is 5. The van der Waals surface area contributed by atoms with E-state index in [-0.39, 0.29) is 6.09 Å². The number of carbonyl (C=O) groups excluding carboxylic acids is 1. The summed E-state index contributed by atoms with van der Waals surface area (Å²) in [6.45, 7) is 1.70. The Balaban J connectivity index is 1.64. The van der Waals surface area contributed by atoms with Crippen LogP contribution in [-0.2, 0) is 17.8 Å². The predicted molar refractivity (Wildman–Crippen MR) is 96.2 cm³/mol. The monoisotopic (exact) mass is 434 g/mol. The summed E-state index contributed by atoms with van der Waals surface area (Å²) in [5.41, 5.74) is 2.68. The van der Waals surface area contributed by atoms with Crippen LogP contribution in [0, 0.1) is 0 Å². The number of hydrogen-bond acceptors (Lipinski definition) is 5. The molecule has 2 aliphatic heterocycles. The molecule has 0 aliphatic carbocycles. The van der Waals surface area contributed by atoms with Gasteiger partial charge in [0.1, 0.15) is 12.9 Å². The third kappa shape index (κ3) is 2.42. The molecule has 3 aromatic rings. The van der Waals surface area contributed by atoms with Gasteiger partial charge in [-0.3, -0.25) is 9.47 Å². The van der Waals surface area contributed by atoms with E-state index in [9.17, 15) is 4.79 Å². The minimum atomic E-state index is -0.334. The molecule has 4 heterocycles. The van der Waals surface area contributed by atoms with E-state index in [1.807, 2.05) is 22.8 Å². The number of benzene rings is 1. The Morgan fingerprint density at radius 2 is 2.23 bits per heavy atom. The summed E-state index contributed by atoms with van der Waals surface area (Å²) in [5.74, 6) is 1.29. The fourth-order valence-electron chi connectivity index (χ4n) is 3.25. The van der Waals surface area contributed by atoms with Crippen molar-refractivity contribution in [3.05, 3.63) is 45.7 Å². The quantitative estimate of drug-likeness (QED) is 0.484.